The van der Waals surface area contributed by atoms with E-state index in [2.05, 4.69) is 21.2 Å². The van der Waals surface area contributed by atoms with Crippen LogP contribution in [-0.2, 0) is 0 Å². The molecule has 0 heterocycles. The largest absolute Gasteiger partial charge is 0.497 e. The molecule has 2 aromatic rings. The molecule has 4 heteroatoms. The molecule has 0 aliphatic heterocycles. The topological polar surface area (TPSA) is 38.3 Å². The van der Waals surface area contributed by atoms with Crippen molar-refractivity contribution in [3.63, 3.8) is 0 Å². The lowest BCUT2D eigenvalue weighted by molar-refractivity contribution is 0.0940. The third kappa shape index (κ3) is 3.85. The molecule has 1 amide bonds. The zero-order chi connectivity index (χ0) is 15.4. The van der Waals surface area contributed by atoms with Gasteiger partial charge in [0.25, 0.3) is 5.91 Å². The molecule has 1 unspecified atom stereocenters. The summed E-state index contributed by atoms with van der Waals surface area (Å²) < 4.78 is 6.07. The van der Waals surface area contributed by atoms with Gasteiger partial charge in [0, 0.05) is 10.0 Å². The van der Waals surface area contributed by atoms with Gasteiger partial charge < -0.3 is 10.1 Å². The summed E-state index contributed by atoms with van der Waals surface area (Å²) in [5, 5.41) is 3.00. The third-order valence-corrected chi connectivity index (χ3v) is 4.25. The lowest BCUT2D eigenvalue weighted by Gasteiger charge is -2.15. The number of hydrogen-bond acceptors (Lipinski definition) is 2. The standard InChI is InChI=1S/C17H18BrNO2/c1-11-4-5-14(10-16(11)18)17(20)19-12(2)13-6-8-15(21-3)9-7-13/h4-10,12H,1-3H3,(H,19,20). The number of amides is 1. The maximum Gasteiger partial charge on any atom is 0.251 e. The Morgan fingerprint density at radius 3 is 2.43 bits per heavy atom. The number of methoxy groups -OCH3 is 1. The predicted molar refractivity (Wildman–Crippen MR) is 87.8 cm³/mol. The van der Waals surface area contributed by atoms with E-state index in [1.165, 1.54) is 0 Å². The lowest BCUT2D eigenvalue weighted by Crippen LogP contribution is -2.26. The SMILES string of the molecule is COc1ccc(C(C)NC(=O)c2ccc(C)c(Br)c2)cc1. The van der Waals surface area contributed by atoms with Crippen LogP contribution in [0.15, 0.2) is 46.9 Å². The number of rotatable bonds is 4. The van der Waals surface area contributed by atoms with E-state index < -0.39 is 0 Å². The van der Waals surface area contributed by atoms with Crippen LogP contribution in [0.25, 0.3) is 0 Å². The number of benzene rings is 2. The molecule has 2 aromatic carbocycles. The average Bonchev–Trinajstić information content (AvgIpc) is 2.50. The van der Waals surface area contributed by atoms with Crippen LogP contribution in [0.4, 0.5) is 0 Å². The van der Waals surface area contributed by atoms with E-state index in [-0.39, 0.29) is 11.9 Å². The molecule has 0 saturated heterocycles. The smallest absolute Gasteiger partial charge is 0.251 e. The summed E-state index contributed by atoms with van der Waals surface area (Å²) in [4.78, 5) is 12.3. The van der Waals surface area contributed by atoms with Crippen molar-refractivity contribution in [2.75, 3.05) is 7.11 Å². The average molecular weight is 348 g/mol. The summed E-state index contributed by atoms with van der Waals surface area (Å²) in [7, 11) is 1.63. The second kappa shape index (κ2) is 6.76. The van der Waals surface area contributed by atoms with Crippen molar-refractivity contribution in [2.45, 2.75) is 19.9 Å². The van der Waals surface area contributed by atoms with Crippen LogP contribution in [0.3, 0.4) is 0 Å². The maximum absolute atomic E-state index is 12.3. The number of carbonyl (C=O) groups excluding carboxylic acids is 1. The first-order valence-electron chi connectivity index (χ1n) is 6.72. The van der Waals surface area contributed by atoms with Gasteiger partial charge in [-0.2, -0.15) is 0 Å². The molecule has 0 radical (unpaired) electrons. The minimum absolute atomic E-state index is 0.0662. The van der Waals surface area contributed by atoms with Crippen molar-refractivity contribution < 1.29 is 9.53 Å². The van der Waals surface area contributed by atoms with E-state index in [0.29, 0.717) is 5.56 Å². The molecule has 1 N–H and O–H groups in total. The van der Waals surface area contributed by atoms with Crippen molar-refractivity contribution in [2.24, 2.45) is 0 Å². The Kier molecular flexibility index (Phi) is 5.02. The summed E-state index contributed by atoms with van der Waals surface area (Å²) in [6.07, 6.45) is 0. The number of aryl methyl sites for hydroxylation is 1. The highest BCUT2D eigenvalue weighted by Crippen LogP contribution is 2.20. The second-order valence-electron chi connectivity index (χ2n) is 4.93. The fourth-order valence-electron chi connectivity index (χ4n) is 1.99. The van der Waals surface area contributed by atoms with Gasteiger partial charge >= 0.3 is 0 Å². The van der Waals surface area contributed by atoms with Crippen LogP contribution in [-0.4, -0.2) is 13.0 Å². The first-order chi connectivity index (χ1) is 10.0. The van der Waals surface area contributed by atoms with Gasteiger partial charge in [-0.3, -0.25) is 4.79 Å². The fraction of sp³-hybridized carbons (Fsp3) is 0.235. The highest BCUT2D eigenvalue weighted by Gasteiger charge is 2.12. The van der Waals surface area contributed by atoms with Gasteiger partial charge in [0.1, 0.15) is 5.75 Å². The molecule has 0 spiro atoms. The highest BCUT2D eigenvalue weighted by molar-refractivity contribution is 9.10. The van der Waals surface area contributed by atoms with Crippen LogP contribution in [0.1, 0.15) is 34.5 Å². The van der Waals surface area contributed by atoms with Crippen LogP contribution < -0.4 is 10.1 Å². The summed E-state index contributed by atoms with van der Waals surface area (Å²) in [5.41, 5.74) is 2.79. The Labute approximate surface area is 133 Å². The van der Waals surface area contributed by atoms with E-state index in [4.69, 9.17) is 4.74 Å². The molecule has 2 rings (SSSR count). The van der Waals surface area contributed by atoms with Crippen molar-refractivity contribution in [3.8, 4) is 5.75 Å². The van der Waals surface area contributed by atoms with Crippen LogP contribution in [0.5, 0.6) is 5.75 Å². The van der Waals surface area contributed by atoms with E-state index in [0.717, 1.165) is 21.3 Å². The van der Waals surface area contributed by atoms with E-state index in [9.17, 15) is 4.79 Å². The number of ether oxygens (including phenoxy) is 1. The fourth-order valence-corrected chi connectivity index (χ4v) is 2.37. The van der Waals surface area contributed by atoms with Crippen molar-refractivity contribution in [3.05, 3.63) is 63.6 Å². The van der Waals surface area contributed by atoms with Crippen LogP contribution in [0.2, 0.25) is 0 Å². The van der Waals surface area contributed by atoms with Gasteiger partial charge in [-0.05, 0) is 49.2 Å². The van der Waals surface area contributed by atoms with Crippen LogP contribution >= 0.6 is 15.9 Å². The quantitative estimate of drug-likeness (QED) is 0.897. The van der Waals surface area contributed by atoms with Gasteiger partial charge in [-0.15, -0.1) is 0 Å². The molecule has 0 bridgehead atoms. The monoisotopic (exact) mass is 347 g/mol. The Morgan fingerprint density at radius 1 is 1.19 bits per heavy atom. The summed E-state index contributed by atoms with van der Waals surface area (Å²) in [5.74, 6) is 0.721. The molecule has 21 heavy (non-hydrogen) atoms. The molecule has 1 atom stereocenters. The molecule has 3 nitrogen and oxygen atoms in total. The van der Waals surface area contributed by atoms with Crippen LogP contribution in [0, 0.1) is 6.92 Å². The summed E-state index contributed by atoms with van der Waals surface area (Å²) in [6.45, 7) is 3.95. The molecule has 110 valence electrons. The second-order valence-corrected chi connectivity index (χ2v) is 5.79. The number of carbonyl (C=O) groups is 1. The van der Waals surface area contributed by atoms with Crippen molar-refractivity contribution >= 4 is 21.8 Å². The van der Waals surface area contributed by atoms with Crippen molar-refractivity contribution in [1.82, 2.24) is 5.32 Å². The first-order valence-corrected chi connectivity index (χ1v) is 7.51. The minimum atomic E-state index is -0.0842. The van der Waals surface area contributed by atoms with Gasteiger partial charge in [-0.25, -0.2) is 0 Å². The molecule has 0 aliphatic rings. The highest BCUT2D eigenvalue weighted by atomic mass is 79.9. The number of halogens is 1. The Balaban J connectivity index is 2.08. The van der Waals surface area contributed by atoms with Gasteiger partial charge in [-0.1, -0.05) is 34.1 Å². The molecular formula is C17H18BrNO2. The molecule has 0 aliphatic carbocycles. The Bertz CT molecular complexity index is 638. The minimum Gasteiger partial charge on any atom is -0.497 e. The Hall–Kier alpha value is -1.81. The summed E-state index contributed by atoms with van der Waals surface area (Å²) in [6, 6.07) is 13.2. The molecule has 0 fully saturated rings. The third-order valence-electron chi connectivity index (χ3n) is 3.40. The maximum atomic E-state index is 12.3. The predicted octanol–water partition coefficient (Wildman–Crippen LogP) is 4.26. The van der Waals surface area contributed by atoms with Gasteiger partial charge in [0.05, 0.1) is 13.2 Å². The van der Waals surface area contributed by atoms with Crippen molar-refractivity contribution in [1.29, 1.82) is 0 Å². The van der Waals surface area contributed by atoms with E-state index in [1.54, 1.807) is 7.11 Å². The first kappa shape index (κ1) is 15.6. The molecular weight excluding hydrogens is 330 g/mol. The van der Waals surface area contributed by atoms with Gasteiger partial charge in [0.2, 0.25) is 0 Å². The Morgan fingerprint density at radius 2 is 1.86 bits per heavy atom. The van der Waals surface area contributed by atoms with E-state index in [1.807, 2.05) is 56.3 Å². The number of hydrogen-bond donors (Lipinski definition) is 1. The zero-order valence-corrected chi connectivity index (χ0v) is 13.9. The lowest BCUT2D eigenvalue weighted by atomic mass is 10.1. The summed E-state index contributed by atoms with van der Waals surface area (Å²) >= 11 is 3.45. The molecule has 0 aromatic heterocycles. The van der Waals surface area contributed by atoms with Gasteiger partial charge in [0.15, 0.2) is 0 Å². The van der Waals surface area contributed by atoms with E-state index >= 15 is 0 Å². The number of nitrogens with one attached hydrogen (secondary N) is 1. The molecule has 0 saturated carbocycles. The normalized spacial score (nSPS) is 11.8. The zero-order valence-electron chi connectivity index (χ0n) is 12.3.